The minimum Gasteiger partial charge on any atom is -0.336 e. The van der Waals surface area contributed by atoms with E-state index in [1.165, 1.54) is 12.6 Å². The van der Waals surface area contributed by atoms with Crippen LogP contribution in [-0.4, -0.2) is 27.9 Å². The van der Waals surface area contributed by atoms with Crippen molar-refractivity contribution in [3.8, 4) is 0 Å². The van der Waals surface area contributed by atoms with Crippen LogP contribution in [0.3, 0.4) is 0 Å². The van der Waals surface area contributed by atoms with E-state index in [1.807, 2.05) is 6.07 Å². The summed E-state index contributed by atoms with van der Waals surface area (Å²) in [5, 5.41) is 15.0. The highest BCUT2D eigenvalue weighted by atomic mass is 16.2. The Balaban J connectivity index is 1.47. The van der Waals surface area contributed by atoms with Crippen LogP contribution in [0.1, 0.15) is 54.1 Å². The van der Waals surface area contributed by atoms with Crippen molar-refractivity contribution in [2.75, 3.05) is 10.6 Å². The SMILES string of the molecule is O=C(N[C@@H](C(=O)Nc1cn[nH]c1)c1ccccc1)c1cccc(NC(=O)C2CCCCC2)c1. The van der Waals surface area contributed by atoms with Crippen molar-refractivity contribution < 1.29 is 14.4 Å². The topological polar surface area (TPSA) is 116 Å². The molecular formula is C25H27N5O3. The number of nitrogens with zero attached hydrogens (tertiary/aromatic N) is 1. The third kappa shape index (κ3) is 5.85. The Labute approximate surface area is 192 Å². The van der Waals surface area contributed by atoms with Crippen molar-refractivity contribution in [3.63, 3.8) is 0 Å². The predicted molar refractivity (Wildman–Crippen MR) is 126 cm³/mol. The van der Waals surface area contributed by atoms with Crippen LogP contribution >= 0.6 is 0 Å². The summed E-state index contributed by atoms with van der Waals surface area (Å²) in [6.45, 7) is 0. The summed E-state index contributed by atoms with van der Waals surface area (Å²) in [4.78, 5) is 38.6. The molecule has 0 bridgehead atoms. The van der Waals surface area contributed by atoms with Crippen molar-refractivity contribution in [2.24, 2.45) is 5.92 Å². The van der Waals surface area contributed by atoms with Crippen LogP contribution < -0.4 is 16.0 Å². The van der Waals surface area contributed by atoms with Gasteiger partial charge in [-0.15, -0.1) is 0 Å². The maximum absolute atomic E-state index is 13.1. The smallest absolute Gasteiger partial charge is 0.252 e. The number of hydrogen-bond acceptors (Lipinski definition) is 4. The van der Waals surface area contributed by atoms with Gasteiger partial charge < -0.3 is 16.0 Å². The summed E-state index contributed by atoms with van der Waals surface area (Å²) in [7, 11) is 0. The molecule has 4 N–H and O–H groups in total. The summed E-state index contributed by atoms with van der Waals surface area (Å²) in [5.74, 6) is -0.795. The van der Waals surface area contributed by atoms with E-state index in [4.69, 9.17) is 0 Å². The molecule has 1 saturated carbocycles. The molecule has 3 aromatic rings. The van der Waals surface area contributed by atoms with Gasteiger partial charge >= 0.3 is 0 Å². The molecule has 0 aliphatic heterocycles. The fraction of sp³-hybridized carbons (Fsp3) is 0.280. The molecule has 1 fully saturated rings. The lowest BCUT2D eigenvalue weighted by atomic mass is 9.88. The van der Waals surface area contributed by atoms with Gasteiger partial charge in [0.15, 0.2) is 0 Å². The largest absolute Gasteiger partial charge is 0.336 e. The number of benzene rings is 2. The predicted octanol–water partition coefficient (Wildman–Crippen LogP) is 4.04. The van der Waals surface area contributed by atoms with E-state index >= 15 is 0 Å². The van der Waals surface area contributed by atoms with Gasteiger partial charge in [-0.3, -0.25) is 19.5 Å². The summed E-state index contributed by atoms with van der Waals surface area (Å²) in [6, 6.07) is 14.9. The Morgan fingerprint density at radius 1 is 0.909 bits per heavy atom. The molecule has 3 amide bonds. The molecule has 0 unspecified atom stereocenters. The average molecular weight is 446 g/mol. The van der Waals surface area contributed by atoms with Crippen molar-refractivity contribution in [1.29, 1.82) is 0 Å². The van der Waals surface area contributed by atoms with E-state index in [9.17, 15) is 14.4 Å². The lowest BCUT2D eigenvalue weighted by Crippen LogP contribution is -2.37. The number of aromatic nitrogens is 2. The monoisotopic (exact) mass is 445 g/mol. The molecule has 8 heteroatoms. The van der Waals surface area contributed by atoms with Gasteiger partial charge in [-0.1, -0.05) is 55.7 Å². The molecule has 1 aliphatic rings. The van der Waals surface area contributed by atoms with Gasteiger partial charge in [-0.2, -0.15) is 5.10 Å². The molecule has 4 rings (SSSR count). The average Bonchev–Trinajstić information content (AvgIpc) is 3.36. The number of rotatable bonds is 7. The molecule has 2 aromatic carbocycles. The van der Waals surface area contributed by atoms with Crippen LogP contribution in [0.25, 0.3) is 0 Å². The maximum Gasteiger partial charge on any atom is 0.252 e. The van der Waals surface area contributed by atoms with Crippen LogP contribution in [0, 0.1) is 5.92 Å². The Bertz CT molecular complexity index is 1090. The van der Waals surface area contributed by atoms with Crippen LogP contribution in [0.5, 0.6) is 0 Å². The molecule has 8 nitrogen and oxygen atoms in total. The summed E-state index contributed by atoms with van der Waals surface area (Å²) >= 11 is 0. The van der Waals surface area contributed by atoms with Crippen LogP contribution in [-0.2, 0) is 9.59 Å². The third-order valence-corrected chi connectivity index (χ3v) is 5.80. The van der Waals surface area contributed by atoms with Gasteiger partial charge in [0, 0.05) is 23.4 Å². The fourth-order valence-corrected chi connectivity index (χ4v) is 4.04. The number of aromatic amines is 1. The summed E-state index contributed by atoms with van der Waals surface area (Å²) < 4.78 is 0. The highest BCUT2D eigenvalue weighted by Gasteiger charge is 2.24. The number of H-pyrrole nitrogens is 1. The van der Waals surface area contributed by atoms with Crippen molar-refractivity contribution >= 4 is 29.1 Å². The number of nitrogens with one attached hydrogen (secondary N) is 4. The first-order valence-corrected chi connectivity index (χ1v) is 11.2. The Morgan fingerprint density at radius 3 is 2.42 bits per heavy atom. The lowest BCUT2D eigenvalue weighted by Gasteiger charge is -2.21. The van der Waals surface area contributed by atoms with E-state index in [-0.39, 0.29) is 11.8 Å². The first-order valence-electron chi connectivity index (χ1n) is 11.2. The van der Waals surface area contributed by atoms with Gasteiger partial charge in [0.05, 0.1) is 11.9 Å². The zero-order valence-electron chi connectivity index (χ0n) is 18.2. The number of carbonyl (C=O) groups is 3. The highest BCUT2D eigenvalue weighted by molar-refractivity contribution is 6.02. The Kier molecular flexibility index (Phi) is 7.14. The molecule has 1 aliphatic carbocycles. The second kappa shape index (κ2) is 10.6. The van der Waals surface area contributed by atoms with Gasteiger partial charge in [-0.05, 0) is 36.6 Å². The van der Waals surface area contributed by atoms with Gasteiger partial charge in [0.2, 0.25) is 5.91 Å². The molecule has 170 valence electrons. The first kappa shape index (κ1) is 22.3. The minimum absolute atomic E-state index is 0.00564. The normalized spacial score (nSPS) is 14.8. The quantitative estimate of drug-likeness (QED) is 0.439. The van der Waals surface area contributed by atoms with Crippen LogP contribution in [0.2, 0.25) is 0 Å². The number of carbonyl (C=O) groups excluding carboxylic acids is 3. The Hall–Kier alpha value is -3.94. The standard InChI is InChI=1S/C25H27N5O3/c31-23(18-10-5-2-6-11-18)28-20-13-7-12-19(14-20)24(32)30-22(17-8-3-1-4-9-17)25(33)29-21-15-26-27-16-21/h1,3-4,7-9,12-16,18,22H,2,5-6,10-11H2,(H,26,27)(H,28,31)(H,29,33)(H,30,32)/t22-/m1/s1. The molecule has 1 aromatic heterocycles. The van der Waals surface area contributed by atoms with E-state index in [2.05, 4.69) is 26.1 Å². The highest BCUT2D eigenvalue weighted by Crippen LogP contribution is 2.25. The fourth-order valence-electron chi connectivity index (χ4n) is 4.04. The van der Waals surface area contributed by atoms with Gasteiger partial charge in [0.25, 0.3) is 11.8 Å². The van der Waals surface area contributed by atoms with Crippen LogP contribution in [0.4, 0.5) is 11.4 Å². The van der Waals surface area contributed by atoms with Gasteiger partial charge in [0.1, 0.15) is 6.04 Å². The lowest BCUT2D eigenvalue weighted by molar-refractivity contribution is -0.120. The molecule has 0 saturated heterocycles. The summed E-state index contributed by atoms with van der Waals surface area (Å²) in [5.41, 5.74) is 2.07. The summed E-state index contributed by atoms with van der Waals surface area (Å²) in [6.07, 6.45) is 8.16. The first-order chi connectivity index (χ1) is 16.1. The molecule has 0 spiro atoms. The third-order valence-electron chi connectivity index (χ3n) is 5.80. The second-order valence-corrected chi connectivity index (χ2v) is 8.20. The molecule has 1 heterocycles. The molecular weight excluding hydrogens is 418 g/mol. The number of hydrogen-bond donors (Lipinski definition) is 4. The number of amides is 3. The van der Waals surface area contributed by atoms with Crippen molar-refractivity contribution in [2.45, 2.75) is 38.1 Å². The molecule has 0 radical (unpaired) electrons. The maximum atomic E-state index is 13.1. The van der Waals surface area contributed by atoms with E-state index in [1.54, 1.807) is 54.7 Å². The van der Waals surface area contributed by atoms with Crippen LogP contribution in [0.15, 0.2) is 67.0 Å². The van der Waals surface area contributed by atoms with E-state index in [0.717, 1.165) is 25.7 Å². The minimum atomic E-state index is -0.908. The van der Waals surface area contributed by atoms with E-state index < -0.39 is 17.9 Å². The van der Waals surface area contributed by atoms with Gasteiger partial charge in [-0.25, -0.2) is 0 Å². The second-order valence-electron chi connectivity index (χ2n) is 8.20. The van der Waals surface area contributed by atoms with Crippen molar-refractivity contribution in [1.82, 2.24) is 15.5 Å². The van der Waals surface area contributed by atoms with E-state index in [0.29, 0.717) is 22.5 Å². The molecule has 33 heavy (non-hydrogen) atoms. The zero-order valence-corrected chi connectivity index (χ0v) is 18.2. The number of anilines is 2. The zero-order chi connectivity index (χ0) is 23.0. The molecule has 1 atom stereocenters. The van der Waals surface area contributed by atoms with Crippen molar-refractivity contribution in [3.05, 3.63) is 78.1 Å². The Morgan fingerprint density at radius 2 is 1.70 bits per heavy atom.